The van der Waals surface area contributed by atoms with Crippen molar-refractivity contribution in [1.29, 1.82) is 0 Å². The Morgan fingerprint density at radius 3 is 2.90 bits per heavy atom. The first-order valence-corrected chi connectivity index (χ1v) is 11.5. The highest BCUT2D eigenvalue weighted by Crippen LogP contribution is 2.29. The van der Waals surface area contributed by atoms with E-state index >= 15 is 0 Å². The number of piperidine rings is 1. The van der Waals surface area contributed by atoms with Gasteiger partial charge in [-0.15, -0.1) is 0 Å². The standard InChI is InChI=1S/C19H22ClFN6O2S/c1-11(2)30(28,29)27-5-3-4-13(10-27)25-19-16(21)9-24-18(26-19)15-8-23-17-14(15)6-12(20)7-22-17/h6-9,11,13H,3-5,10H2,1-2H3,(H,22,23)(H,24,25,26)/t13-/m1/s1. The van der Waals surface area contributed by atoms with E-state index in [-0.39, 0.29) is 18.4 Å². The van der Waals surface area contributed by atoms with Crippen molar-refractivity contribution in [2.45, 2.75) is 38.0 Å². The number of hydrogen-bond acceptors (Lipinski definition) is 6. The second kappa shape index (κ2) is 8.09. The van der Waals surface area contributed by atoms with Crippen LogP contribution in [0.3, 0.4) is 0 Å². The van der Waals surface area contributed by atoms with Gasteiger partial charge in [0.05, 0.1) is 16.5 Å². The monoisotopic (exact) mass is 452 g/mol. The molecule has 3 aromatic heterocycles. The number of nitrogens with zero attached hydrogens (tertiary/aromatic N) is 4. The van der Waals surface area contributed by atoms with E-state index < -0.39 is 21.1 Å². The average molecular weight is 453 g/mol. The summed E-state index contributed by atoms with van der Waals surface area (Å²) in [6, 6.07) is 1.49. The molecule has 30 heavy (non-hydrogen) atoms. The van der Waals surface area contributed by atoms with Crippen LogP contribution in [0.2, 0.25) is 5.02 Å². The predicted molar refractivity (Wildman–Crippen MR) is 114 cm³/mol. The molecule has 0 aromatic carbocycles. The normalized spacial score (nSPS) is 18.2. The Balaban J connectivity index is 1.60. The van der Waals surface area contributed by atoms with Crippen molar-refractivity contribution in [3.8, 4) is 11.4 Å². The van der Waals surface area contributed by atoms with Gasteiger partial charge in [0.15, 0.2) is 17.5 Å². The molecule has 8 nitrogen and oxygen atoms in total. The summed E-state index contributed by atoms with van der Waals surface area (Å²) >= 11 is 6.05. The number of sulfonamides is 1. The molecule has 0 bridgehead atoms. The van der Waals surface area contributed by atoms with Crippen LogP contribution in [-0.2, 0) is 10.0 Å². The molecule has 0 radical (unpaired) electrons. The lowest BCUT2D eigenvalue weighted by Crippen LogP contribution is -2.47. The molecule has 0 aliphatic carbocycles. The van der Waals surface area contributed by atoms with Crippen LogP contribution in [0.5, 0.6) is 0 Å². The van der Waals surface area contributed by atoms with Crippen molar-refractivity contribution < 1.29 is 12.8 Å². The Labute approximate surface area is 178 Å². The molecule has 1 aliphatic heterocycles. The maximum atomic E-state index is 14.4. The zero-order valence-corrected chi connectivity index (χ0v) is 18.1. The molecule has 160 valence electrons. The molecule has 1 atom stereocenters. The topological polar surface area (TPSA) is 104 Å². The van der Waals surface area contributed by atoms with Gasteiger partial charge in [-0.05, 0) is 32.8 Å². The molecule has 4 heterocycles. The fourth-order valence-corrected chi connectivity index (χ4v) is 5.07. The maximum absolute atomic E-state index is 14.4. The third kappa shape index (κ3) is 3.99. The molecule has 1 fully saturated rings. The van der Waals surface area contributed by atoms with Crippen molar-refractivity contribution in [2.75, 3.05) is 18.4 Å². The molecule has 2 N–H and O–H groups in total. The first-order valence-electron chi connectivity index (χ1n) is 9.66. The average Bonchev–Trinajstić information content (AvgIpc) is 3.13. The van der Waals surface area contributed by atoms with Crippen LogP contribution < -0.4 is 5.32 Å². The molecule has 1 saturated heterocycles. The van der Waals surface area contributed by atoms with Gasteiger partial charge in [0, 0.05) is 42.5 Å². The van der Waals surface area contributed by atoms with Crippen LogP contribution in [0.25, 0.3) is 22.4 Å². The van der Waals surface area contributed by atoms with Gasteiger partial charge in [-0.2, -0.15) is 4.31 Å². The van der Waals surface area contributed by atoms with Crippen LogP contribution in [0.1, 0.15) is 26.7 Å². The number of H-pyrrole nitrogens is 1. The van der Waals surface area contributed by atoms with E-state index in [4.69, 9.17) is 11.6 Å². The van der Waals surface area contributed by atoms with Gasteiger partial charge >= 0.3 is 0 Å². The first-order chi connectivity index (χ1) is 14.3. The highest BCUT2D eigenvalue weighted by Gasteiger charge is 2.31. The summed E-state index contributed by atoms with van der Waals surface area (Å²) < 4.78 is 40.9. The minimum Gasteiger partial charge on any atom is -0.363 e. The fraction of sp³-hybridized carbons (Fsp3) is 0.421. The molecule has 11 heteroatoms. The van der Waals surface area contributed by atoms with E-state index in [1.54, 1.807) is 26.1 Å². The van der Waals surface area contributed by atoms with Crippen LogP contribution in [-0.4, -0.2) is 57.0 Å². The summed E-state index contributed by atoms with van der Waals surface area (Å²) in [5.74, 6) is -0.242. The summed E-state index contributed by atoms with van der Waals surface area (Å²) in [5, 5.41) is 3.77. The summed E-state index contributed by atoms with van der Waals surface area (Å²) in [4.78, 5) is 15.7. The van der Waals surface area contributed by atoms with E-state index in [1.165, 1.54) is 10.5 Å². The van der Waals surface area contributed by atoms with Crippen LogP contribution in [0.15, 0.2) is 24.7 Å². The van der Waals surface area contributed by atoms with E-state index in [0.29, 0.717) is 35.0 Å². The number of fused-ring (bicyclic) bond motifs is 1. The molecular formula is C19H22ClFN6O2S. The molecule has 1 aliphatic rings. The Morgan fingerprint density at radius 2 is 2.13 bits per heavy atom. The van der Waals surface area contributed by atoms with Gasteiger partial charge in [0.25, 0.3) is 0 Å². The number of hydrogen-bond donors (Lipinski definition) is 2. The molecule has 0 saturated carbocycles. The smallest absolute Gasteiger partial charge is 0.216 e. The van der Waals surface area contributed by atoms with Gasteiger partial charge < -0.3 is 10.3 Å². The highest BCUT2D eigenvalue weighted by molar-refractivity contribution is 7.89. The molecule has 0 amide bonds. The molecule has 3 aromatic rings. The van der Waals surface area contributed by atoms with Crippen molar-refractivity contribution in [3.05, 3.63) is 35.5 Å². The molecule has 0 spiro atoms. The number of rotatable bonds is 5. The van der Waals surface area contributed by atoms with Gasteiger partial charge in [-0.25, -0.2) is 27.8 Å². The van der Waals surface area contributed by atoms with Gasteiger partial charge in [0.1, 0.15) is 5.65 Å². The number of pyridine rings is 1. The minimum absolute atomic E-state index is 0.0399. The van der Waals surface area contributed by atoms with Crippen LogP contribution in [0, 0.1) is 5.82 Å². The first kappa shape index (κ1) is 21.0. The second-order valence-electron chi connectivity index (χ2n) is 7.58. The Morgan fingerprint density at radius 1 is 1.33 bits per heavy atom. The quantitative estimate of drug-likeness (QED) is 0.614. The summed E-state index contributed by atoms with van der Waals surface area (Å²) in [7, 11) is -3.36. The SMILES string of the molecule is CC(C)S(=O)(=O)N1CCC[C@@H](Nc2nc(-c3c[nH]c4ncc(Cl)cc34)ncc2F)C1. The largest absolute Gasteiger partial charge is 0.363 e. The molecular weight excluding hydrogens is 431 g/mol. The van der Waals surface area contributed by atoms with E-state index in [1.807, 2.05) is 0 Å². The number of nitrogens with one attached hydrogen (secondary N) is 2. The van der Waals surface area contributed by atoms with E-state index in [2.05, 4.69) is 25.3 Å². The Kier molecular flexibility index (Phi) is 5.65. The number of aromatic amines is 1. The maximum Gasteiger partial charge on any atom is 0.216 e. The van der Waals surface area contributed by atoms with Crippen molar-refractivity contribution in [1.82, 2.24) is 24.2 Å². The van der Waals surface area contributed by atoms with Crippen molar-refractivity contribution >= 4 is 38.5 Å². The highest BCUT2D eigenvalue weighted by atomic mass is 35.5. The lowest BCUT2D eigenvalue weighted by atomic mass is 10.1. The summed E-state index contributed by atoms with van der Waals surface area (Å²) in [5.41, 5.74) is 1.27. The van der Waals surface area contributed by atoms with E-state index in [0.717, 1.165) is 18.0 Å². The molecule has 4 rings (SSSR count). The predicted octanol–water partition coefficient (Wildman–Crippen LogP) is 3.43. The van der Waals surface area contributed by atoms with Crippen LogP contribution >= 0.6 is 11.6 Å². The molecule has 0 unspecified atom stereocenters. The number of halogens is 2. The third-order valence-corrected chi connectivity index (χ3v) is 7.61. The number of aromatic nitrogens is 4. The van der Waals surface area contributed by atoms with Crippen molar-refractivity contribution in [3.63, 3.8) is 0 Å². The zero-order chi connectivity index (χ0) is 21.5. The Hall–Kier alpha value is -2.30. The lowest BCUT2D eigenvalue weighted by Gasteiger charge is -2.33. The van der Waals surface area contributed by atoms with Gasteiger partial charge in [-0.3, -0.25) is 0 Å². The number of anilines is 1. The summed E-state index contributed by atoms with van der Waals surface area (Å²) in [6.45, 7) is 4.06. The fourth-order valence-electron chi connectivity index (χ4n) is 3.54. The lowest BCUT2D eigenvalue weighted by molar-refractivity contribution is 0.324. The minimum atomic E-state index is -3.36. The third-order valence-electron chi connectivity index (χ3n) is 5.16. The van der Waals surface area contributed by atoms with Gasteiger partial charge in [0.2, 0.25) is 10.0 Å². The zero-order valence-electron chi connectivity index (χ0n) is 16.6. The Bertz CT molecular complexity index is 1180. The van der Waals surface area contributed by atoms with Crippen LogP contribution in [0.4, 0.5) is 10.2 Å². The van der Waals surface area contributed by atoms with Crippen molar-refractivity contribution in [2.24, 2.45) is 0 Å². The van der Waals surface area contributed by atoms with E-state index in [9.17, 15) is 12.8 Å². The second-order valence-corrected chi connectivity index (χ2v) is 10.5. The van der Waals surface area contributed by atoms with Gasteiger partial charge in [-0.1, -0.05) is 11.6 Å². The summed E-state index contributed by atoms with van der Waals surface area (Å²) in [6.07, 6.45) is 5.74.